The maximum absolute atomic E-state index is 5.97. The second kappa shape index (κ2) is 32.4. The van der Waals surface area contributed by atoms with Gasteiger partial charge >= 0.3 is 12.0 Å². The number of thioether (sulfide) groups is 2. The molecule has 0 bridgehead atoms. The third-order valence-electron chi connectivity index (χ3n) is 29.6. The van der Waals surface area contributed by atoms with Gasteiger partial charge in [-0.25, -0.2) is 13.7 Å². The van der Waals surface area contributed by atoms with Gasteiger partial charge in [-0.15, -0.1) is 83.2 Å². The monoisotopic (exact) mass is 2190 g/mol. The maximum atomic E-state index is 5.97. The summed E-state index contributed by atoms with van der Waals surface area (Å²) >= 11 is 3.92. The van der Waals surface area contributed by atoms with Gasteiger partial charge in [-0.2, -0.15) is 43.5 Å². The van der Waals surface area contributed by atoms with Crippen molar-refractivity contribution in [1.82, 2.24) is 32.0 Å². The van der Waals surface area contributed by atoms with Crippen LogP contribution in [0.15, 0.2) is 325 Å². The standard InChI is InChI=1S/C26H21N2.2C17H11N2S.2C17H11N2.C16H11N2O.C10H9N2.2Ir/c1-15-5-3-6-16(2)23(15)18-11-19-13-27-14-20-10-9-17-7-4-8-21-22(12-18)24(19)26(27)28(20)25(17)21;1-3-10-7-18-8-14-19-16-11(9-20-14)4-2-6-13(16)12(5-1)15(10)17(18)19;1-3-10-7-18-8-11-9-20-14-6-2-5-13-12(4-1)15(10)17(18)19(11)16(13)14;2*1-2-6-15-13(5-1)14-7-3-4-11-8-9-12-10-18-17(15)19(12)16(11)14;1-17-9-10-18(11-17)14-7-4-6-13-12-5-2-3-8-15(12)19-16(13)14;1-11-7-8-12(9-11)10-5-3-2-4-6-10;;/h3-8,11-12,14H,9-10,13H2,1-2H3;2*1-6,8H,7,9H2;2*1-5,7,10H,8-9H2;2-6,8-10H,1H3;2-5,7-8H,1H3;;/q3*+1;2*-1;2*+1;;. The summed E-state index contributed by atoms with van der Waals surface area (Å²) in [5, 5.41) is 23.8. The molecule has 0 fully saturated rings. The average Bonchev–Trinajstić information content (AvgIpc) is 1.54. The number of hydrogen-bond donors (Lipinski definition) is 0. The summed E-state index contributed by atoms with van der Waals surface area (Å²) in [4.78, 5) is 10.7. The number of nitrogens with zero attached hydrogens (tertiary/aromatic N) is 14. The van der Waals surface area contributed by atoms with Gasteiger partial charge < -0.3 is 13.2 Å². The van der Waals surface area contributed by atoms with Crippen molar-refractivity contribution in [3.8, 4) is 11.1 Å². The molecule has 10 aliphatic heterocycles. The summed E-state index contributed by atoms with van der Waals surface area (Å²) in [6, 6.07) is 110. The Labute approximate surface area is 833 Å². The molecule has 35 rings (SSSR count). The predicted molar refractivity (Wildman–Crippen MR) is 548 cm³/mol. The van der Waals surface area contributed by atoms with Crippen molar-refractivity contribution < 1.29 is 76.6 Å². The first kappa shape index (κ1) is 83.5. The van der Waals surface area contributed by atoms with Crippen LogP contribution in [-0.4, -0.2) is 76.4 Å². The molecule has 0 saturated carbocycles. The number of fused-ring (bicyclic) bond motifs is 12. The molecular weight excluding hydrogens is 2100 g/mol. The molecule has 0 saturated heterocycles. The molecule has 19 heteroatoms. The van der Waals surface area contributed by atoms with Crippen molar-refractivity contribution in [2.24, 2.45) is 0 Å². The number of rotatable bonds is 3. The fraction of sp³-hybridized carbons (Fsp3) is 0.125. The number of pyridine rings is 5. The third kappa shape index (κ3) is 12.7. The van der Waals surface area contributed by atoms with Crippen LogP contribution in [0.5, 0.6) is 0 Å². The molecule has 21 heterocycles. The van der Waals surface area contributed by atoms with Gasteiger partial charge in [0.25, 0.3) is 29.3 Å². The van der Waals surface area contributed by atoms with Crippen LogP contribution in [0.1, 0.15) is 72.8 Å². The van der Waals surface area contributed by atoms with Crippen LogP contribution < -0.4 is 13.7 Å². The topological polar surface area (TPSA) is 84.6 Å². The van der Waals surface area contributed by atoms with Crippen molar-refractivity contribution in [2.45, 2.75) is 93.4 Å². The minimum Gasteiger partial charge on any atom is -0.509 e. The Kier molecular flexibility index (Phi) is 19.5. The van der Waals surface area contributed by atoms with Crippen molar-refractivity contribution in [2.75, 3.05) is 14.1 Å². The molecule has 10 aliphatic rings. The molecule has 0 spiro atoms. The largest absolute Gasteiger partial charge is 0.509 e. The van der Waals surface area contributed by atoms with Gasteiger partial charge in [0.15, 0.2) is 31.0 Å². The van der Waals surface area contributed by atoms with Gasteiger partial charge in [0.1, 0.15) is 66.2 Å². The molecule has 0 atom stereocenters. The number of aromatic nitrogens is 10. The quantitative estimate of drug-likeness (QED) is 0.1000. The van der Waals surface area contributed by atoms with Crippen molar-refractivity contribution >= 4 is 205 Å². The zero-order chi connectivity index (χ0) is 90.3. The van der Waals surface area contributed by atoms with Crippen LogP contribution in [-0.2, 0) is 110 Å². The van der Waals surface area contributed by atoms with Gasteiger partial charge in [-0.3, -0.25) is 9.97 Å². The minimum atomic E-state index is 0. The molecule has 25 aromatic rings. The van der Waals surface area contributed by atoms with Gasteiger partial charge in [0.05, 0.1) is 43.7 Å². The van der Waals surface area contributed by atoms with Crippen molar-refractivity contribution in [1.29, 1.82) is 0 Å². The minimum absolute atomic E-state index is 0. The molecule has 11 aromatic heterocycles. The van der Waals surface area contributed by atoms with Gasteiger partial charge in [-0.1, -0.05) is 204 Å². The first-order valence-electron chi connectivity index (χ1n) is 47.3. The Bertz CT molecular complexity index is 9670. The fourth-order valence-corrected chi connectivity index (χ4v) is 25.9. The maximum Gasteiger partial charge on any atom is 0.493 e. The molecular formula is C120H85Ir2N14OS2+3. The second-order valence-electron chi connectivity index (χ2n) is 37.5. The summed E-state index contributed by atoms with van der Waals surface area (Å²) in [6.45, 7) is 7.49. The molecule has 0 unspecified atom stereocenters. The second-order valence-corrected chi connectivity index (χ2v) is 39.5. The Hall–Kier alpha value is -14.8. The molecule has 0 amide bonds. The number of imidazole rings is 5. The smallest absolute Gasteiger partial charge is 0.493 e. The van der Waals surface area contributed by atoms with E-state index in [2.05, 4.69) is 302 Å². The van der Waals surface area contributed by atoms with E-state index in [0.717, 1.165) is 125 Å². The number of furan rings is 1. The van der Waals surface area contributed by atoms with E-state index in [1.165, 1.54) is 208 Å². The molecule has 2 radical (unpaired) electrons. The van der Waals surface area contributed by atoms with E-state index < -0.39 is 0 Å². The van der Waals surface area contributed by atoms with Crippen LogP contribution in [0.2, 0.25) is 0 Å². The zero-order valence-corrected chi connectivity index (χ0v) is 82.8. The zero-order valence-electron chi connectivity index (χ0n) is 76.4. The Morgan fingerprint density at radius 3 is 1.47 bits per heavy atom. The normalized spacial score (nSPS) is 14.3. The summed E-state index contributed by atoms with van der Waals surface area (Å²) in [5.41, 5.74) is 38.0. The first-order valence-corrected chi connectivity index (χ1v) is 49.3. The fourth-order valence-electron chi connectivity index (χ4n) is 23.9. The molecule has 668 valence electrons. The van der Waals surface area contributed by atoms with Crippen molar-refractivity contribution in [3.63, 3.8) is 0 Å². The summed E-state index contributed by atoms with van der Waals surface area (Å²) < 4.78 is 33.0. The number of para-hydroxylation sites is 7. The summed E-state index contributed by atoms with van der Waals surface area (Å²) in [5.74, 6) is 2.16. The van der Waals surface area contributed by atoms with Gasteiger partial charge in [-0.05, 0) is 120 Å². The third-order valence-corrected chi connectivity index (χ3v) is 31.7. The van der Waals surface area contributed by atoms with E-state index in [1.54, 1.807) is 0 Å². The van der Waals surface area contributed by atoms with Crippen LogP contribution in [0, 0.1) is 38.1 Å². The molecule has 139 heavy (non-hydrogen) atoms. The number of benzene rings is 14. The number of aryl methyl sites for hydroxylation is 8. The van der Waals surface area contributed by atoms with Crippen LogP contribution in [0.4, 0.5) is 11.4 Å². The van der Waals surface area contributed by atoms with Crippen molar-refractivity contribution in [3.05, 3.63) is 408 Å². The summed E-state index contributed by atoms with van der Waals surface area (Å²) in [7, 11) is 3.88. The van der Waals surface area contributed by atoms with Crippen LogP contribution in [0.25, 0.3) is 170 Å². The molecule has 15 nitrogen and oxygen atoms in total. The SMILES string of the molecule is C[N+]1=C=[N+](c2[c-]ccc3c2oc2ccccc23)C=C1.C[N+]1=C=[N+](c2[c-]cccc2)C=C1.Cc1cccc(C)c1-c1cc2c3c(c1)c1cccc4c1n1c(c[n+](c31)C2)CC4.[Ir].[Ir].[c-]1cccc2c1c1ncc3n1c1c(cccc21)CC3.[c-]1cccc2c1c1ncc3n1c1c(cccc21)CC3.c1cc2c3c(c1)c1cccc4c1n1c(c[n+](c31)C2)CS4.c1cc2c3c(c1)c1cccc4c1n1c(c[n+](c31)C2)SC4. The van der Waals surface area contributed by atoms with E-state index in [0.29, 0.717) is 0 Å². The Morgan fingerprint density at radius 2 is 0.849 bits per heavy atom. The number of hydrogen-bond acceptors (Lipinski definition) is 5. The molecule has 0 N–H and O–H groups in total. The molecule has 14 aromatic carbocycles. The van der Waals surface area contributed by atoms with E-state index in [9.17, 15) is 0 Å². The van der Waals surface area contributed by atoms with Crippen LogP contribution in [0.3, 0.4) is 0 Å². The van der Waals surface area contributed by atoms with E-state index in [4.69, 9.17) is 4.42 Å². The Balaban J connectivity index is 0.0000000822. The van der Waals surface area contributed by atoms with Crippen LogP contribution >= 0.6 is 23.5 Å². The van der Waals surface area contributed by atoms with Gasteiger partial charge in [0.2, 0.25) is 17.4 Å². The first-order chi connectivity index (χ1) is 67.6. The Morgan fingerprint density at radius 1 is 0.360 bits per heavy atom. The molecule has 0 aliphatic carbocycles. The average molecular weight is 2190 g/mol. The summed E-state index contributed by atoms with van der Waals surface area (Å²) in [6.07, 6.45) is 25.5. The predicted octanol–water partition coefficient (Wildman–Crippen LogP) is 24.1. The van der Waals surface area contributed by atoms with Gasteiger partial charge in [0, 0.05) is 153 Å². The van der Waals surface area contributed by atoms with E-state index in [-0.39, 0.29) is 40.2 Å². The van der Waals surface area contributed by atoms with E-state index in [1.807, 2.05) is 160 Å². The van der Waals surface area contributed by atoms with E-state index >= 15 is 0 Å².